The van der Waals surface area contributed by atoms with Crippen molar-refractivity contribution in [3.8, 4) is 33.8 Å². The lowest BCUT2D eigenvalue weighted by molar-refractivity contribution is -0.848. The molecule has 0 saturated carbocycles. The van der Waals surface area contributed by atoms with Gasteiger partial charge in [-0.25, -0.2) is 42.1 Å². The van der Waals surface area contributed by atoms with Gasteiger partial charge >= 0.3 is 6.03 Å². The fourth-order valence-electron chi connectivity index (χ4n) is 10.0. The van der Waals surface area contributed by atoms with E-state index in [2.05, 4.69) is 35.8 Å². The van der Waals surface area contributed by atoms with Crippen LogP contribution in [0.15, 0.2) is 170 Å². The molecule has 2 amide bonds. The van der Waals surface area contributed by atoms with Crippen LogP contribution in [0.4, 0.5) is 31.0 Å². The van der Waals surface area contributed by atoms with E-state index >= 15 is 4.39 Å². The molecule has 0 bridgehead atoms. The van der Waals surface area contributed by atoms with E-state index in [-0.39, 0.29) is 29.3 Å². The van der Waals surface area contributed by atoms with Crippen LogP contribution in [0.3, 0.4) is 0 Å². The number of carbonyl (C=O) groups excluding carboxylic acids is 1. The topological polar surface area (TPSA) is 167 Å². The maximum atomic E-state index is 16.0. The average Bonchev–Trinajstić information content (AvgIpc) is 4.30. The smallest absolute Gasteiger partial charge is 0.363 e. The molecule has 11 aromatic rings. The van der Waals surface area contributed by atoms with E-state index < -0.39 is 17.7 Å². The molecule has 1 saturated heterocycles. The van der Waals surface area contributed by atoms with Crippen molar-refractivity contribution in [1.82, 2.24) is 59.3 Å². The van der Waals surface area contributed by atoms with Crippen molar-refractivity contribution in [2.75, 3.05) is 47.9 Å². The Labute approximate surface area is 423 Å². The first-order valence-corrected chi connectivity index (χ1v) is 24.4. The van der Waals surface area contributed by atoms with Crippen LogP contribution in [0.25, 0.3) is 50.7 Å². The van der Waals surface area contributed by atoms with E-state index in [1.807, 2.05) is 154 Å². The number of carbonyl (C=O) groups is 1. The molecule has 12 rings (SSSR count). The largest absolute Gasteiger partial charge is 0.441 e. The van der Waals surface area contributed by atoms with Gasteiger partial charge in [0.2, 0.25) is 0 Å². The van der Waals surface area contributed by atoms with Gasteiger partial charge in [0.1, 0.15) is 30.5 Å². The Hall–Kier alpha value is -9.36. The molecular formula is C55H49F2N16O+. The second-order valence-electron chi connectivity index (χ2n) is 18.2. The number of benzene rings is 4. The predicted octanol–water partition coefficient (Wildman–Crippen LogP) is 9.34. The molecule has 1 aliphatic rings. The number of imidazole rings is 3. The highest BCUT2D eigenvalue weighted by Crippen LogP contribution is 2.36. The number of aromatic amines is 1. The molecule has 4 aromatic carbocycles. The highest BCUT2D eigenvalue weighted by molar-refractivity contribution is 5.71. The molecule has 0 spiro atoms. The number of hydrogen-bond donors (Lipinski definition) is 3. The summed E-state index contributed by atoms with van der Waals surface area (Å²) in [7, 11) is 0. The van der Waals surface area contributed by atoms with Gasteiger partial charge in [0, 0.05) is 46.1 Å². The van der Waals surface area contributed by atoms with E-state index in [9.17, 15) is 9.18 Å². The molecular weight excluding hydrogens is 939 g/mol. The van der Waals surface area contributed by atoms with E-state index in [0.29, 0.717) is 67.0 Å². The van der Waals surface area contributed by atoms with Gasteiger partial charge in [-0.3, -0.25) is 10.4 Å². The number of anilines is 3. The summed E-state index contributed by atoms with van der Waals surface area (Å²) in [6.45, 7) is 3.66. The summed E-state index contributed by atoms with van der Waals surface area (Å²) in [6.07, 6.45) is 7.50. The quantitative estimate of drug-likeness (QED) is 0.0745. The number of halogens is 2. The van der Waals surface area contributed by atoms with E-state index in [0.717, 1.165) is 51.1 Å². The Morgan fingerprint density at radius 3 is 1.80 bits per heavy atom. The molecule has 0 radical (unpaired) electrons. The third-order valence-corrected chi connectivity index (χ3v) is 13.8. The molecule has 0 aliphatic carbocycles. The maximum Gasteiger partial charge on any atom is 0.441 e. The molecule has 74 heavy (non-hydrogen) atoms. The molecule has 7 aromatic heterocycles. The van der Waals surface area contributed by atoms with Gasteiger partial charge in [0.15, 0.2) is 28.6 Å². The van der Waals surface area contributed by atoms with Crippen LogP contribution >= 0.6 is 0 Å². The number of rotatable bonds is 17. The minimum absolute atomic E-state index is 0.000390. The summed E-state index contributed by atoms with van der Waals surface area (Å²) < 4.78 is 35.8. The fourth-order valence-corrected chi connectivity index (χ4v) is 10.0. The number of nitrogens with one attached hydrogen (secondary N) is 3. The Kier molecular flexibility index (Phi) is 12.0. The summed E-state index contributed by atoms with van der Waals surface area (Å²) in [5, 5.41) is 31.8. The number of quaternary nitrogens is 1. The van der Waals surface area contributed by atoms with Crippen molar-refractivity contribution in [1.29, 1.82) is 0 Å². The lowest BCUT2D eigenvalue weighted by Crippen LogP contribution is -2.64. The highest BCUT2D eigenvalue weighted by atomic mass is 19.1. The van der Waals surface area contributed by atoms with Gasteiger partial charge < -0.3 is 10.2 Å². The zero-order valence-electron chi connectivity index (χ0n) is 40.2. The SMILES string of the molecule is Cc1[nH]ncc1C(CCN(c1ccc2ncc(-c3ccccc3)n2n1)[N+]1(CCNc2ccc3ncc(-c4ccccc4)n3n2)CCNC1=O)N(Cc1ccc(F)cc1F)c1ccc2ncc(-c3ccccc3)n2n1. The van der Waals surface area contributed by atoms with Gasteiger partial charge in [-0.15, -0.1) is 19.9 Å². The number of amides is 2. The molecule has 2 atom stereocenters. The number of hydrogen-bond acceptors (Lipinski definition) is 11. The first-order chi connectivity index (χ1) is 36.3. The fraction of sp³-hybridized carbons (Fsp3) is 0.164. The van der Waals surface area contributed by atoms with Crippen molar-refractivity contribution < 1.29 is 18.2 Å². The van der Waals surface area contributed by atoms with Crippen LogP contribution in [0, 0.1) is 18.6 Å². The molecule has 17 nitrogen and oxygen atoms in total. The van der Waals surface area contributed by atoms with Crippen molar-refractivity contribution in [2.45, 2.75) is 25.9 Å². The normalized spacial score (nSPS) is 15.0. The minimum atomic E-state index is -0.691. The van der Waals surface area contributed by atoms with Crippen molar-refractivity contribution in [3.05, 3.63) is 199 Å². The summed E-state index contributed by atoms with van der Waals surface area (Å²) in [5.74, 6) is 0.271. The van der Waals surface area contributed by atoms with Crippen LogP contribution in [0.1, 0.15) is 29.3 Å². The Balaban J connectivity index is 0.956. The maximum absolute atomic E-state index is 16.0. The van der Waals surface area contributed by atoms with E-state index in [1.165, 1.54) is 12.1 Å². The standard InChI is InChI=1S/C55H48F2N16O/c1-37-43(32-63-64-37)45(68(36-41-17-18-42(56)31-44(41)57)53-23-21-51-61-34-47(71(51)66-53)39-13-7-3-8-14-39)25-28-69(54-24-22-52-62-35-48(72(52)67-54)40-15-9-4-10-16-40)73(30-27-59-55(73)74)29-26-58-49-19-20-50-60-33-46(70(50)65-49)38-11-5-2-6-12-38/h2-24,31-35,45H,25-30,36H2,1H3,(H2-,58,59,63,64,65,74)/p+1. The third-order valence-electron chi connectivity index (χ3n) is 13.8. The predicted molar refractivity (Wildman–Crippen MR) is 278 cm³/mol. The molecule has 3 N–H and O–H groups in total. The Morgan fingerprint density at radius 2 is 1.24 bits per heavy atom. The average molecular weight is 988 g/mol. The van der Waals surface area contributed by atoms with Crippen LogP contribution in [0.5, 0.6) is 0 Å². The van der Waals surface area contributed by atoms with Crippen molar-refractivity contribution >= 4 is 40.4 Å². The van der Waals surface area contributed by atoms with Crippen molar-refractivity contribution in [3.63, 3.8) is 0 Å². The Morgan fingerprint density at radius 1 is 0.676 bits per heavy atom. The van der Waals surface area contributed by atoms with Crippen LogP contribution in [-0.2, 0) is 6.54 Å². The number of aryl methyl sites for hydroxylation is 1. The molecule has 2 unspecified atom stereocenters. The van der Waals surface area contributed by atoms with Gasteiger partial charge in [-0.05, 0) is 55.8 Å². The van der Waals surface area contributed by atoms with Crippen LogP contribution in [0.2, 0.25) is 0 Å². The highest BCUT2D eigenvalue weighted by Gasteiger charge is 2.49. The number of nitrogens with zero attached hydrogens (tertiary/aromatic N) is 13. The molecule has 1 aliphatic heterocycles. The Bertz CT molecular complexity index is 3790. The van der Waals surface area contributed by atoms with Crippen LogP contribution in [-0.4, -0.2) is 97.3 Å². The minimum Gasteiger partial charge on any atom is -0.363 e. The third kappa shape index (κ3) is 8.57. The zero-order chi connectivity index (χ0) is 50.2. The number of fused-ring (bicyclic) bond motifs is 3. The monoisotopic (exact) mass is 987 g/mol. The second kappa shape index (κ2) is 19.3. The first-order valence-electron chi connectivity index (χ1n) is 24.4. The summed E-state index contributed by atoms with van der Waals surface area (Å²) in [4.78, 5) is 30.8. The number of urea groups is 1. The number of H-pyrrole nitrogens is 1. The zero-order valence-corrected chi connectivity index (χ0v) is 40.2. The summed E-state index contributed by atoms with van der Waals surface area (Å²) >= 11 is 0. The molecule has 368 valence electrons. The van der Waals surface area contributed by atoms with Gasteiger partial charge in [0.05, 0.1) is 67.5 Å². The van der Waals surface area contributed by atoms with Gasteiger partial charge in [0.25, 0.3) is 0 Å². The lowest BCUT2D eigenvalue weighted by atomic mass is 10.0. The summed E-state index contributed by atoms with van der Waals surface area (Å²) in [5.41, 5.74) is 9.06. The summed E-state index contributed by atoms with van der Waals surface area (Å²) in [6, 6.07) is 44.0. The van der Waals surface area contributed by atoms with Gasteiger partial charge in [-0.2, -0.15) is 10.1 Å². The molecule has 8 heterocycles. The first kappa shape index (κ1) is 45.8. The number of aromatic nitrogens is 11. The molecule has 19 heteroatoms. The second-order valence-corrected chi connectivity index (χ2v) is 18.2. The van der Waals surface area contributed by atoms with Crippen molar-refractivity contribution in [2.24, 2.45) is 0 Å². The van der Waals surface area contributed by atoms with E-state index in [4.69, 9.17) is 20.3 Å². The van der Waals surface area contributed by atoms with Gasteiger partial charge in [-0.1, -0.05) is 97.1 Å². The van der Waals surface area contributed by atoms with E-state index in [1.54, 1.807) is 23.1 Å². The van der Waals surface area contributed by atoms with Crippen LogP contribution < -0.4 is 20.5 Å². The molecule has 1 fully saturated rings. The lowest BCUT2D eigenvalue weighted by Gasteiger charge is -2.41.